The Labute approximate surface area is 58.2 Å². The van der Waals surface area contributed by atoms with E-state index in [0.29, 0.717) is 0 Å². The molecule has 0 spiro atoms. The normalized spacial score (nSPS) is 12.6. The van der Waals surface area contributed by atoms with Crippen LogP contribution in [0.15, 0.2) is 0 Å². The van der Waals surface area contributed by atoms with Crippen molar-refractivity contribution in [2.75, 3.05) is 20.4 Å². The zero-order chi connectivity index (χ0) is 7.98. The van der Waals surface area contributed by atoms with E-state index >= 15 is 0 Å². The molecule has 0 rings (SSSR count). The van der Waals surface area contributed by atoms with Crippen LogP contribution in [-0.2, 0) is 13.8 Å². The third kappa shape index (κ3) is 3.58. The maximum absolute atomic E-state index is 11.3. The molecule has 0 N–H and O–H groups in total. The average molecular weight is 170 g/mol. The van der Waals surface area contributed by atoms with Gasteiger partial charge in [-0.05, 0) is 0 Å². The molecule has 0 bridgehead atoms. The minimum atomic E-state index is -2.83. The molecule has 60 valence electrons. The van der Waals surface area contributed by atoms with E-state index in [0.717, 1.165) is 7.11 Å². The lowest BCUT2D eigenvalue weighted by molar-refractivity contribution is 0.190. The molecule has 0 aromatic heterocycles. The van der Waals surface area contributed by atoms with E-state index in [9.17, 15) is 13.8 Å². The van der Waals surface area contributed by atoms with Gasteiger partial charge in [-0.2, -0.15) is 0 Å². The van der Waals surface area contributed by atoms with Gasteiger partial charge >= 0.3 is 5.71 Å². The maximum Gasteiger partial charge on any atom is 0.388 e. The van der Waals surface area contributed by atoms with E-state index in [1.165, 1.54) is 0 Å². The van der Waals surface area contributed by atoms with Crippen LogP contribution in [0.1, 0.15) is 0 Å². The minimum absolute atomic E-state index is 0.326. The zero-order valence-electron chi connectivity index (χ0n) is 5.43. The number of halogens is 1. The molecule has 1 unspecified atom stereocenters. The molecule has 0 amide bonds. The van der Waals surface area contributed by atoms with E-state index in [1.807, 2.05) is 0 Å². The highest BCUT2D eigenvalue weighted by molar-refractivity contribution is 7.58. The molecule has 0 aliphatic heterocycles. The molecule has 0 aromatic carbocycles. The van der Waals surface area contributed by atoms with Gasteiger partial charge in [0, 0.05) is 0 Å². The van der Waals surface area contributed by atoms with Gasteiger partial charge in [0.05, 0.1) is 13.7 Å². The van der Waals surface area contributed by atoms with Crippen LogP contribution in [0.5, 0.6) is 0 Å². The van der Waals surface area contributed by atoms with E-state index in [4.69, 9.17) is 0 Å². The predicted octanol–water partition coefficient (Wildman–Crippen LogP) is 1.21. The Bertz CT molecular complexity index is 137. The van der Waals surface area contributed by atoms with Gasteiger partial charge in [0.15, 0.2) is 0 Å². The highest BCUT2D eigenvalue weighted by atomic mass is 31.1. The van der Waals surface area contributed by atoms with Crippen molar-refractivity contribution in [2.45, 2.75) is 0 Å². The summed E-state index contributed by atoms with van der Waals surface area (Å²) in [5.41, 5.74) is -0.932. The van der Waals surface area contributed by atoms with Crippen molar-refractivity contribution in [3.05, 3.63) is 0 Å². The highest BCUT2D eigenvalue weighted by Gasteiger charge is 2.10. The van der Waals surface area contributed by atoms with Crippen molar-refractivity contribution >= 4 is 13.7 Å². The molecule has 0 saturated heterocycles. The average Bonchev–Trinajstić information content (AvgIpc) is 1.98. The van der Waals surface area contributed by atoms with E-state index in [-0.39, 0.29) is 6.61 Å². The molecular weight excluding hydrogens is 162 g/mol. The SMILES string of the molecule is COC(=O)[PH](=O)OCCF. The van der Waals surface area contributed by atoms with E-state index < -0.39 is 20.4 Å². The van der Waals surface area contributed by atoms with Crippen LogP contribution in [0.2, 0.25) is 0 Å². The molecule has 0 radical (unpaired) electrons. The molecule has 0 aliphatic carbocycles. The summed E-state index contributed by atoms with van der Waals surface area (Å²) >= 11 is 0. The van der Waals surface area contributed by atoms with Gasteiger partial charge in [-0.15, -0.1) is 0 Å². The lowest BCUT2D eigenvalue weighted by Crippen LogP contribution is -1.95. The Morgan fingerprint density at radius 2 is 2.30 bits per heavy atom. The van der Waals surface area contributed by atoms with Crippen molar-refractivity contribution in [1.82, 2.24) is 0 Å². The van der Waals surface area contributed by atoms with Crippen molar-refractivity contribution < 1.29 is 23.0 Å². The van der Waals surface area contributed by atoms with Gasteiger partial charge < -0.3 is 9.26 Å². The first-order chi connectivity index (χ1) is 4.72. The third-order valence-corrected chi connectivity index (χ3v) is 1.67. The molecule has 0 fully saturated rings. The summed E-state index contributed by atoms with van der Waals surface area (Å²) < 4.78 is 30.1. The quantitative estimate of drug-likeness (QED) is 0.595. The number of methoxy groups -OCH3 is 1. The van der Waals surface area contributed by atoms with Gasteiger partial charge in [0.1, 0.15) is 6.67 Å². The van der Waals surface area contributed by atoms with Gasteiger partial charge in [0.2, 0.25) is 0 Å². The van der Waals surface area contributed by atoms with Crippen LogP contribution in [0.3, 0.4) is 0 Å². The Morgan fingerprint density at radius 3 is 2.70 bits per heavy atom. The molecule has 0 saturated carbocycles. The van der Waals surface area contributed by atoms with Crippen LogP contribution in [0.25, 0.3) is 0 Å². The van der Waals surface area contributed by atoms with Gasteiger partial charge in [-0.25, -0.2) is 9.18 Å². The summed E-state index contributed by atoms with van der Waals surface area (Å²) in [6.07, 6.45) is 0. The Kier molecular flexibility index (Phi) is 5.16. The Hall–Kier alpha value is -0.410. The molecule has 0 heterocycles. The van der Waals surface area contributed by atoms with Crippen LogP contribution in [-0.4, -0.2) is 26.1 Å². The lowest BCUT2D eigenvalue weighted by atomic mass is 10.9. The summed E-state index contributed by atoms with van der Waals surface area (Å²) in [5, 5.41) is 0. The lowest BCUT2D eigenvalue weighted by Gasteiger charge is -1.97. The molecule has 1 atom stereocenters. The number of hydrogen-bond acceptors (Lipinski definition) is 4. The summed E-state index contributed by atoms with van der Waals surface area (Å²) in [6, 6.07) is 0. The fourth-order valence-electron chi connectivity index (χ4n) is 0.274. The van der Waals surface area contributed by atoms with Gasteiger partial charge in [0.25, 0.3) is 8.03 Å². The molecule has 0 aromatic rings. The molecule has 4 nitrogen and oxygen atoms in total. The summed E-state index contributed by atoms with van der Waals surface area (Å²) in [4.78, 5) is 10.3. The number of alkyl halides is 1. The first kappa shape index (κ1) is 9.59. The molecule has 6 heteroatoms. The van der Waals surface area contributed by atoms with Crippen LogP contribution in [0, 0.1) is 0 Å². The smallest absolute Gasteiger partial charge is 0.388 e. The number of carbonyl (C=O) groups is 1. The zero-order valence-corrected chi connectivity index (χ0v) is 6.43. The largest absolute Gasteiger partial charge is 0.462 e. The summed E-state index contributed by atoms with van der Waals surface area (Å²) in [5.74, 6) is 0. The standard InChI is InChI=1S/C4H8FO4P/c1-8-4(6)10(7)9-3-2-5/h10H,2-3H2,1H3. The Morgan fingerprint density at radius 1 is 1.70 bits per heavy atom. The Balaban J connectivity index is 3.52. The molecule has 10 heavy (non-hydrogen) atoms. The topological polar surface area (TPSA) is 52.6 Å². The molecule has 0 aliphatic rings. The van der Waals surface area contributed by atoms with Crippen LogP contribution < -0.4 is 0 Å². The van der Waals surface area contributed by atoms with Crippen molar-refractivity contribution in [1.29, 1.82) is 0 Å². The second-order valence-corrected chi connectivity index (χ2v) is 2.59. The second kappa shape index (κ2) is 5.38. The number of hydrogen-bond donors (Lipinski definition) is 0. The third-order valence-electron chi connectivity index (χ3n) is 0.662. The van der Waals surface area contributed by atoms with E-state index in [1.54, 1.807) is 0 Å². The fourth-order valence-corrected chi connectivity index (χ4v) is 0.821. The number of carbonyl (C=O) groups excluding carboxylic acids is 1. The van der Waals surface area contributed by atoms with Gasteiger partial charge in [-0.3, -0.25) is 4.57 Å². The van der Waals surface area contributed by atoms with Crippen molar-refractivity contribution in [2.24, 2.45) is 0 Å². The highest BCUT2D eigenvalue weighted by Crippen LogP contribution is 2.23. The van der Waals surface area contributed by atoms with Crippen LogP contribution >= 0.6 is 8.03 Å². The minimum Gasteiger partial charge on any atom is -0.462 e. The first-order valence-electron chi connectivity index (χ1n) is 2.53. The summed E-state index contributed by atoms with van der Waals surface area (Å²) in [7, 11) is -1.74. The van der Waals surface area contributed by atoms with Crippen LogP contribution in [0.4, 0.5) is 9.18 Å². The monoisotopic (exact) mass is 170 g/mol. The van der Waals surface area contributed by atoms with Crippen molar-refractivity contribution in [3.8, 4) is 0 Å². The van der Waals surface area contributed by atoms with Crippen molar-refractivity contribution in [3.63, 3.8) is 0 Å². The fraction of sp³-hybridized carbons (Fsp3) is 0.750. The first-order valence-corrected chi connectivity index (χ1v) is 3.85. The predicted molar refractivity (Wildman–Crippen MR) is 33.3 cm³/mol. The maximum atomic E-state index is 11.3. The summed E-state index contributed by atoms with van der Waals surface area (Å²) in [6.45, 7) is -1.08. The second-order valence-electron chi connectivity index (χ2n) is 1.32. The van der Waals surface area contributed by atoms with E-state index in [2.05, 4.69) is 9.26 Å². The van der Waals surface area contributed by atoms with Gasteiger partial charge in [-0.1, -0.05) is 0 Å². The number of rotatable bonds is 4. The molecular formula is C4H8FO4P. The number of ether oxygens (including phenoxy) is 1.